The average molecular weight is 356 g/mol. The van der Waals surface area contributed by atoms with Crippen LogP contribution in [0.25, 0.3) is 10.8 Å². The second-order valence-corrected chi connectivity index (χ2v) is 8.15. The molecule has 1 aliphatic rings. The molecule has 0 spiro atoms. The van der Waals surface area contributed by atoms with Crippen molar-refractivity contribution in [2.75, 3.05) is 18.1 Å². The third-order valence-electron chi connectivity index (χ3n) is 3.57. The molecule has 0 saturated carbocycles. The Hall–Kier alpha value is -1.78. The Bertz CT molecular complexity index is 785. The van der Waals surface area contributed by atoms with E-state index in [1.807, 2.05) is 17.5 Å². The van der Waals surface area contributed by atoms with Gasteiger partial charge in [0.2, 0.25) is 15.9 Å². The number of sulfonamides is 1. The van der Waals surface area contributed by atoms with E-state index in [2.05, 4.69) is 15.5 Å². The van der Waals surface area contributed by atoms with Crippen LogP contribution in [0.1, 0.15) is 19.3 Å². The number of thiophene rings is 1. The molecule has 1 N–H and O–H groups in total. The summed E-state index contributed by atoms with van der Waals surface area (Å²) in [6.07, 6.45) is 3.14. The smallest absolute Gasteiger partial charge is 0.322 e. The molecule has 1 saturated heterocycles. The van der Waals surface area contributed by atoms with Gasteiger partial charge in [-0.1, -0.05) is 17.6 Å². The Morgan fingerprint density at radius 2 is 2.26 bits per heavy atom. The second-order valence-electron chi connectivity index (χ2n) is 5.26. The van der Waals surface area contributed by atoms with Crippen LogP contribution in [0.2, 0.25) is 0 Å². The summed E-state index contributed by atoms with van der Waals surface area (Å²) in [5.41, 5.74) is 0. The van der Waals surface area contributed by atoms with E-state index >= 15 is 0 Å². The van der Waals surface area contributed by atoms with E-state index in [1.54, 1.807) is 0 Å². The van der Waals surface area contributed by atoms with E-state index in [1.165, 1.54) is 15.6 Å². The zero-order valence-electron chi connectivity index (χ0n) is 12.4. The van der Waals surface area contributed by atoms with Gasteiger partial charge in [-0.3, -0.25) is 10.1 Å². The molecule has 1 amide bonds. The van der Waals surface area contributed by atoms with Crippen LogP contribution in [0, 0.1) is 0 Å². The minimum absolute atomic E-state index is 0.0302. The molecule has 3 rings (SSSR count). The predicted octanol–water partition coefficient (Wildman–Crippen LogP) is 1.55. The number of carbonyl (C=O) groups is 1. The SMILES string of the molecule is CS(=O)(=O)N1CCCC[C@@H]1C(=O)Nc1nnc(-c2cccs2)o1. The van der Waals surface area contributed by atoms with Crippen molar-refractivity contribution in [3.8, 4) is 10.8 Å². The summed E-state index contributed by atoms with van der Waals surface area (Å²) in [7, 11) is -3.44. The molecule has 10 heteroatoms. The molecule has 2 aromatic heterocycles. The van der Waals surface area contributed by atoms with Crippen LogP contribution in [0.5, 0.6) is 0 Å². The van der Waals surface area contributed by atoms with E-state index in [9.17, 15) is 13.2 Å². The van der Waals surface area contributed by atoms with Crippen molar-refractivity contribution in [2.24, 2.45) is 0 Å². The molecule has 0 aliphatic carbocycles. The number of anilines is 1. The van der Waals surface area contributed by atoms with Gasteiger partial charge in [0, 0.05) is 6.54 Å². The minimum Gasteiger partial charge on any atom is -0.402 e. The lowest BCUT2D eigenvalue weighted by Crippen LogP contribution is -2.49. The van der Waals surface area contributed by atoms with Crippen LogP contribution >= 0.6 is 11.3 Å². The van der Waals surface area contributed by atoms with Gasteiger partial charge in [0.15, 0.2) is 0 Å². The molecular formula is C13H16N4O4S2. The molecule has 0 bridgehead atoms. The number of aromatic nitrogens is 2. The number of rotatable bonds is 4. The summed E-state index contributed by atoms with van der Waals surface area (Å²) in [6, 6.07) is 2.92. The first-order valence-corrected chi connectivity index (χ1v) is 9.83. The summed E-state index contributed by atoms with van der Waals surface area (Å²) in [4.78, 5) is 13.2. The fourth-order valence-corrected chi connectivity index (χ4v) is 4.29. The maximum Gasteiger partial charge on any atom is 0.322 e. The van der Waals surface area contributed by atoms with E-state index in [0.717, 1.165) is 24.0 Å². The highest BCUT2D eigenvalue weighted by molar-refractivity contribution is 7.88. The van der Waals surface area contributed by atoms with Crippen molar-refractivity contribution in [2.45, 2.75) is 25.3 Å². The highest BCUT2D eigenvalue weighted by atomic mass is 32.2. The minimum atomic E-state index is -3.44. The lowest BCUT2D eigenvalue weighted by Gasteiger charge is -2.32. The van der Waals surface area contributed by atoms with E-state index in [-0.39, 0.29) is 6.01 Å². The number of carbonyl (C=O) groups excluding carboxylic acids is 1. The Morgan fingerprint density at radius 3 is 2.96 bits per heavy atom. The van der Waals surface area contributed by atoms with Gasteiger partial charge in [-0.15, -0.1) is 16.4 Å². The van der Waals surface area contributed by atoms with Crippen molar-refractivity contribution < 1.29 is 17.6 Å². The number of hydrogen-bond acceptors (Lipinski definition) is 7. The first-order valence-electron chi connectivity index (χ1n) is 7.10. The van der Waals surface area contributed by atoms with Crippen LogP contribution in [0.3, 0.4) is 0 Å². The topological polar surface area (TPSA) is 105 Å². The Morgan fingerprint density at radius 1 is 1.43 bits per heavy atom. The lowest BCUT2D eigenvalue weighted by atomic mass is 10.0. The van der Waals surface area contributed by atoms with Crippen LogP contribution in [-0.2, 0) is 14.8 Å². The predicted molar refractivity (Wildman–Crippen MR) is 85.4 cm³/mol. The van der Waals surface area contributed by atoms with Gasteiger partial charge in [0.1, 0.15) is 6.04 Å². The average Bonchev–Trinajstić information content (AvgIpc) is 3.17. The number of nitrogens with one attached hydrogen (secondary N) is 1. The largest absolute Gasteiger partial charge is 0.402 e. The fourth-order valence-electron chi connectivity index (χ4n) is 2.53. The monoisotopic (exact) mass is 356 g/mol. The number of hydrogen-bond donors (Lipinski definition) is 1. The first kappa shape index (κ1) is 16.1. The Balaban J connectivity index is 1.73. The van der Waals surface area contributed by atoms with Crippen LogP contribution in [0.15, 0.2) is 21.9 Å². The Labute approximate surface area is 137 Å². The zero-order chi connectivity index (χ0) is 16.4. The number of piperidine rings is 1. The van der Waals surface area contributed by atoms with Crippen LogP contribution < -0.4 is 5.32 Å². The normalized spacial score (nSPS) is 19.6. The van der Waals surface area contributed by atoms with Gasteiger partial charge in [0.05, 0.1) is 11.1 Å². The fraction of sp³-hybridized carbons (Fsp3) is 0.462. The summed E-state index contributed by atoms with van der Waals surface area (Å²) >= 11 is 1.44. The molecule has 0 aromatic carbocycles. The molecule has 0 radical (unpaired) electrons. The van der Waals surface area contributed by atoms with Crippen molar-refractivity contribution in [3.05, 3.63) is 17.5 Å². The number of amides is 1. The molecule has 23 heavy (non-hydrogen) atoms. The van der Waals surface area contributed by atoms with Crippen molar-refractivity contribution in [1.29, 1.82) is 0 Å². The summed E-state index contributed by atoms with van der Waals surface area (Å²) < 4.78 is 30.2. The van der Waals surface area contributed by atoms with Gasteiger partial charge in [-0.25, -0.2) is 8.42 Å². The molecule has 2 aromatic rings. The molecule has 1 atom stereocenters. The zero-order valence-corrected chi connectivity index (χ0v) is 14.1. The van der Waals surface area contributed by atoms with Gasteiger partial charge < -0.3 is 4.42 Å². The molecular weight excluding hydrogens is 340 g/mol. The maximum absolute atomic E-state index is 12.4. The van der Waals surface area contributed by atoms with E-state index < -0.39 is 22.0 Å². The lowest BCUT2D eigenvalue weighted by molar-refractivity contribution is -0.120. The standard InChI is InChI=1S/C13H16N4O4S2/c1-23(19,20)17-7-3-2-5-9(17)11(18)14-13-16-15-12(21-13)10-6-4-8-22-10/h4,6,8-9H,2-3,5,7H2,1H3,(H,14,16,18)/t9-/m1/s1. The van der Waals surface area contributed by atoms with Gasteiger partial charge in [-0.05, 0) is 24.3 Å². The molecule has 124 valence electrons. The van der Waals surface area contributed by atoms with Crippen LogP contribution in [0.4, 0.5) is 6.01 Å². The Kier molecular flexibility index (Phi) is 4.46. The summed E-state index contributed by atoms with van der Waals surface area (Å²) in [5, 5.41) is 12.1. The third kappa shape index (κ3) is 3.59. The third-order valence-corrected chi connectivity index (χ3v) is 5.72. The van der Waals surface area contributed by atoms with Crippen molar-refractivity contribution in [1.82, 2.24) is 14.5 Å². The molecule has 0 unspecified atom stereocenters. The molecule has 8 nitrogen and oxygen atoms in total. The summed E-state index contributed by atoms with van der Waals surface area (Å²) in [5.74, 6) is -0.129. The molecule has 1 aliphatic heterocycles. The van der Waals surface area contributed by atoms with Crippen molar-refractivity contribution in [3.63, 3.8) is 0 Å². The van der Waals surface area contributed by atoms with Crippen LogP contribution in [-0.4, -0.2) is 47.7 Å². The molecule has 1 fully saturated rings. The van der Waals surface area contributed by atoms with Gasteiger partial charge >= 0.3 is 6.01 Å². The second kappa shape index (κ2) is 6.38. The van der Waals surface area contributed by atoms with Gasteiger partial charge in [0.25, 0.3) is 5.89 Å². The summed E-state index contributed by atoms with van der Waals surface area (Å²) in [6.45, 7) is 0.348. The highest BCUT2D eigenvalue weighted by Gasteiger charge is 2.35. The molecule has 3 heterocycles. The quantitative estimate of drug-likeness (QED) is 0.891. The van der Waals surface area contributed by atoms with E-state index in [0.29, 0.717) is 18.9 Å². The van der Waals surface area contributed by atoms with Crippen molar-refractivity contribution >= 4 is 33.3 Å². The van der Waals surface area contributed by atoms with Gasteiger partial charge in [-0.2, -0.15) is 4.31 Å². The van der Waals surface area contributed by atoms with E-state index in [4.69, 9.17) is 4.42 Å². The maximum atomic E-state index is 12.4. The number of nitrogens with zero attached hydrogens (tertiary/aromatic N) is 3. The first-order chi connectivity index (χ1) is 10.9. The highest BCUT2D eigenvalue weighted by Crippen LogP contribution is 2.25.